The highest BCUT2D eigenvalue weighted by molar-refractivity contribution is 7.99. The number of benzene rings is 1. The molecule has 94 valence electrons. The number of rotatable bonds is 5. The van der Waals surface area contributed by atoms with Crippen LogP contribution >= 0.6 is 11.8 Å². The molecule has 0 aliphatic carbocycles. The van der Waals surface area contributed by atoms with Gasteiger partial charge >= 0.3 is 0 Å². The fraction of sp³-hybridized carbons (Fsp3) is 0.231. The molecule has 2 aromatic rings. The molecule has 0 unspecified atom stereocenters. The van der Waals surface area contributed by atoms with Crippen LogP contribution in [0.3, 0.4) is 0 Å². The van der Waals surface area contributed by atoms with Crippen molar-refractivity contribution in [3.8, 4) is 0 Å². The molecule has 0 saturated heterocycles. The number of hydrogen-bond donors (Lipinski definition) is 1. The molecule has 0 fully saturated rings. The molecule has 18 heavy (non-hydrogen) atoms. The lowest BCUT2D eigenvalue weighted by atomic mass is 10.2. The maximum Gasteiger partial charge on any atom is 0.192 e. The molecule has 2 rings (SSSR count). The average molecular weight is 263 g/mol. The summed E-state index contributed by atoms with van der Waals surface area (Å²) in [7, 11) is 0. The van der Waals surface area contributed by atoms with E-state index in [1.54, 1.807) is 30.6 Å². The van der Waals surface area contributed by atoms with Gasteiger partial charge < -0.3 is 5.32 Å². The number of nitrogens with zero attached hydrogens (tertiary/aromatic N) is 2. The van der Waals surface area contributed by atoms with E-state index in [2.05, 4.69) is 15.3 Å². The molecular formula is C13H14FN3S. The molecule has 0 saturated carbocycles. The van der Waals surface area contributed by atoms with Crippen LogP contribution in [0.2, 0.25) is 0 Å². The number of hydrogen-bond acceptors (Lipinski definition) is 4. The summed E-state index contributed by atoms with van der Waals surface area (Å²) in [5.74, 6) is -0.221. The van der Waals surface area contributed by atoms with Crippen molar-refractivity contribution in [2.45, 2.75) is 23.5 Å². The van der Waals surface area contributed by atoms with E-state index in [-0.39, 0.29) is 5.82 Å². The Hall–Kier alpha value is -1.46. The third kappa shape index (κ3) is 3.51. The average Bonchev–Trinajstić information content (AvgIpc) is 2.40. The van der Waals surface area contributed by atoms with Gasteiger partial charge in [-0.05, 0) is 48.1 Å². The molecule has 0 amide bonds. The van der Waals surface area contributed by atoms with Crippen molar-refractivity contribution in [1.29, 1.82) is 0 Å². The summed E-state index contributed by atoms with van der Waals surface area (Å²) >= 11 is 1.44. The molecule has 0 bridgehead atoms. The first-order chi connectivity index (χ1) is 8.79. The van der Waals surface area contributed by atoms with Gasteiger partial charge in [0.2, 0.25) is 0 Å². The molecule has 0 radical (unpaired) electrons. The molecule has 5 heteroatoms. The first-order valence-electron chi connectivity index (χ1n) is 5.73. The van der Waals surface area contributed by atoms with Crippen LogP contribution in [0.5, 0.6) is 0 Å². The molecule has 1 aromatic carbocycles. The minimum absolute atomic E-state index is 0.221. The molecule has 0 atom stereocenters. The lowest BCUT2D eigenvalue weighted by Gasteiger charge is -2.08. The Balaban J connectivity index is 2.21. The van der Waals surface area contributed by atoms with Gasteiger partial charge in [-0.3, -0.25) is 0 Å². The van der Waals surface area contributed by atoms with Gasteiger partial charge in [-0.25, -0.2) is 14.4 Å². The Morgan fingerprint density at radius 1 is 1.28 bits per heavy atom. The Morgan fingerprint density at radius 2 is 2.06 bits per heavy atom. The fourth-order valence-corrected chi connectivity index (χ4v) is 2.30. The van der Waals surface area contributed by atoms with Gasteiger partial charge in [-0.2, -0.15) is 0 Å². The van der Waals surface area contributed by atoms with Crippen molar-refractivity contribution in [2.75, 3.05) is 6.54 Å². The number of halogens is 1. The van der Waals surface area contributed by atoms with Crippen molar-refractivity contribution in [1.82, 2.24) is 15.3 Å². The smallest absolute Gasteiger partial charge is 0.192 e. The molecule has 1 N–H and O–H groups in total. The summed E-state index contributed by atoms with van der Waals surface area (Å²) in [5, 5.41) is 3.87. The van der Waals surface area contributed by atoms with Crippen molar-refractivity contribution < 1.29 is 4.39 Å². The van der Waals surface area contributed by atoms with Crippen LogP contribution in [0.1, 0.15) is 12.5 Å². The maximum atomic E-state index is 13.2. The molecule has 1 heterocycles. The van der Waals surface area contributed by atoms with E-state index in [1.807, 2.05) is 6.92 Å². The molecule has 0 aliphatic rings. The quantitative estimate of drug-likeness (QED) is 0.842. The molecular weight excluding hydrogens is 249 g/mol. The van der Waals surface area contributed by atoms with E-state index in [0.29, 0.717) is 11.7 Å². The third-order valence-electron chi connectivity index (χ3n) is 2.33. The van der Waals surface area contributed by atoms with E-state index in [9.17, 15) is 4.39 Å². The second kappa shape index (κ2) is 6.47. The monoisotopic (exact) mass is 263 g/mol. The summed E-state index contributed by atoms with van der Waals surface area (Å²) < 4.78 is 13.2. The zero-order chi connectivity index (χ0) is 12.8. The van der Waals surface area contributed by atoms with Crippen molar-refractivity contribution in [3.63, 3.8) is 0 Å². The van der Waals surface area contributed by atoms with Crippen LogP contribution in [-0.4, -0.2) is 16.5 Å². The van der Waals surface area contributed by atoms with E-state index in [1.165, 1.54) is 17.8 Å². The normalized spacial score (nSPS) is 10.6. The first kappa shape index (κ1) is 13.0. The first-order valence-corrected chi connectivity index (χ1v) is 6.55. The van der Waals surface area contributed by atoms with Crippen LogP contribution in [0.25, 0.3) is 0 Å². The number of nitrogens with one attached hydrogen (secondary N) is 1. The predicted octanol–water partition coefficient (Wildman–Crippen LogP) is 2.88. The Kier molecular flexibility index (Phi) is 4.66. The predicted molar refractivity (Wildman–Crippen MR) is 69.9 cm³/mol. The van der Waals surface area contributed by atoms with Gasteiger partial charge in [0.05, 0.1) is 0 Å². The standard InChI is InChI=1S/C13H14FN3S/c1-2-15-9-10-8-11(14)4-5-12(10)18-13-16-6-3-7-17-13/h3-8,15H,2,9H2,1H3. The second-order valence-corrected chi connectivity index (χ2v) is 4.67. The van der Waals surface area contributed by atoms with Crippen molar-refractivity contribution in [2.24, 2.45) is 0 Å². The van der Waals surface area contributed by atoms with Gasteiger partial charge in [-0.1, -0.05) is 6.92 Å². The summed E-state index contributed by atoms with van der Waals surface area (Å²) in [6, 6.07) is 6.55. The van der Waals surface area contributed by atoms with Gasteiger partial charge in [0.25, 0.3) is 0 Å². The molecule has 3 nitrogen and oxygen atoms in total. The lowest BCUT2D eigenvalue weighted by Crippen LogP contribution is -2.12. The topological polar surface area (TPSA) is 37.8 Å². The number of aromatic nitrogens is 2. The molecule has 0 aliphatic heterocycles. The van der Waals surface area contributed by atoms with E-state index in [0.717, 1.165) is 17.0 Å². The summed E-state index contributed by atoms with van der Waals surface area (Å²) in [6.07, 6.45) is 3.39. The van der Waals surface area contributed by atoms with Crippen LogP contribution in [0.4, 0.5) is 4.39 Å². The Bertz CT molecular complexity index is 505. The van der Waals surface area contributed by atoms with Crippen molar-refractivity contribution in [3.05, 3.63) is 48.0 Å². The molecule has 1 aromatic heterocycles. The second-order valence-electron chi connectivity index (χ2n) is 3.67. The minimum Gasteiger partial charge on any atom is -0.313 e. The van der Waals surface area contributed by atoms with Crippen LogP contribution in [0, 0.1) is 5.82 Å². The van der Waals surface area contributed by atoms with Crippen LogP contribution in [-0.2, 0) is 6.54 Å². The van der Waals surface area contributed by atoms with E-state index >= 15 is 0 Å². The highest BCUT2D eigenvalue weighted by Gasteiger charge is 2.07. The lowest BCUT2D eigenvalue weighted by molar-refractivity contribution is 0.619. The Morgan fingerprint density at radius 3 is 2.78 bits per heavy atom. The van der Waals surface area contributed by atoms with Crippen LogP contribution < -0.4 is 5.32 Å². The summed E-state index contributed by atoms with van der Waals surface area (Å²) in [6.45, 7) is 3.51. The SMILES string of the molecule is CCNCc1cc(F)ccc1Sc1ncccn1. The largest absolute Gasteiger partial charge is 0.313 e. The van der Waals surface area contributed by atoms with E-state index < -0.39 is 0 Å². The Labute approximate surface area is 110 Å². The van der Waals surface area contributed by atoms with Gasteiger partial charge in [-0.15, -0.1) is 0 Å². The summed E-state index contributed by atoms with van der Waals surface area (Å²) in [4.78, 5) is 9.29. The third-order valence-corrected chi connectivity index (χ3v) is 3.34. The highest BCUT2D eigenvalue weighted by atomic mass is 32.2. The fourth-order valence-electron chi connectivity index (χ4n) is 1.48. The van der Waals surface area contributed by atoms with E-state index in [4.69, 9.17) is 0 Å². The van der Waals surface area contributed by atoms with Gasteiger partial charge in [0.15, 0.2) is 5.16 Å². The summed E-state index contributed by atoms with van der Waals surface area (Å²) in [5.41, 5.74) is 0.925. The zero-order valence-corrected chi connectivity index (χ0v) is 10.9. The molecule has 0 spiro atoms. The van der Waals surface area contributed by atoms with Crippen LogP contribution in [0.15, 0.2) is 46.7 Å². The maximum absolute atomic E-state index is 13.2. The van der Waals surface area contributed by atoms with Gasteiger partial charge in [0.1, 0.15) is 5.82 Å². The highest BCUT2D eigenvalue weighted by Crippen LogP contribution is 2.28. The van der Waals surface area contributed by atoms with Gasteiger partial charge in [0, 0.05) is 23.8 Å². The minimum atomic E-state index is -0.221. The van der Waals surface area contributed by atoms with Crippen molar-refractivity contribution >= 4 is 11.8 Å². The zero-order valence-electron chi connectivity index (χ0n) is 10.1.